The molecule has 166 valence electrons. The van der Waals surface area contributed by atoms with Crippen LogP contribution in [0.4, 0.5) is 0 Å². The highest BCUT2D eigenvalue weighted by molar-refractivity contribution is 7.89. The molecular formula is C21H19N3O6S2. The summed E-state index contributed by atoms with van der Waals surface area (Å²) >= 11 is 1.56. The van der Waals surface area contributed by atoms with Crippen molar-refractivity contribution in [1.82, 2.24) is 15.6 Å². The smallest absolute Gasteiger partial charge is 0.269 e. The van der Waals surface area contributed by atoms with E-state index in [1.54, 1.807) is 23.5 Å². The van der Waals surface area contributed by atoms with Crippen LogP contribution in [0, 0.1) is 0 Å². The fourth-order valence-electron chi connectivity index (χ4n) is 2.93. The Morgan fingerprint density at radius 3 is 2.31 bits per heavy atom. The van der Waals surface area contributed by atoms with Crippen molar-refractivity contribution < 1.29 is 27.5 Å². The fraction of sp³-hybridized carbons (Fsp3) is 0.143. The molecule has 0 fully saturated rings. The number of hydrogen-bond acceptors (Lipinski definition) is 7. The van der Waals surface area contributed by atoms with E-state index in [4.69, 9.17) is 9.47 Å². The lowest BCUT2D eigenvalue weighted by Gasteiger charge is -2.09. The Hall–Kier alpha value is -3.41. The second-order valence-corrected chi connectivity index (χ2v) is 9.53. The zero-order valence-corrected chi connectivity index (χ0v) is 18.3. The maximum atomic E-state index is 12.4. The van der Waals surface area contributed by atoms with E-state index in [-0.39, 0.29) is 29.4 Å². The van der Waals surface area contributed by atoms with Crippen LogP contribution in [-0.2, 0) is 16.4 Å². The molecule has 0 bridgehead atoms. The first-order chi connectivity index (χ1) is 15.4. The lowest BCUT2D eigenvalue weighted by atomic mass is 10.2. The van der Waals surface area contributed by atoms with Gasteiger partial charge in [0, 0.05) is 22.5 Å². The third-order valence-electron chi connectivity index (χ3n) is 4.59. The number of nitrogens with one attached hydrogen (secondary N) is 3. The molecule has 32 heavy (non-hydrogen) atoms. The van der Waals surface area contributed by atoms with E-state index in [9.17, 15) is 18.0 Å². The molecule has 4 rings (SSSR count). The molecule has 0 atom stereocenters. The minimum absolute atomic E-state index is 0.0459. The molecule has 1 aromatic heterocycles. The van der Waals surface area contributed by atoms with Gasteiger partial charge in [-0.3, -0.25) is 20.4 Å². The lowest BCUT2D eigenvalue weighted by molar-refractivity contribution is 0.0846. The molecule has 0 unspecified atom stereocenters. The number of thiophene rings is 1. The zero-order chi connectivity index (χ0) is 22.6. The molecule has 3 N–H and O–H groups in total. The summed E-state index contributed by atoms with van der Waals surface area (Å²) in [5.74, 6) is -0.133. The number of carbonyl (C=O) groups excluding carboxylic acids is 2. The van der Waals surface area contributed by atoms with Gasteiger partial charge in [-0.1, -0.05) is 6.07 Å². The van der Waals surface area contributed by atoms with Gasteiger partial charge in [0.1, 0.15) is 0 Å². The largest absolute Gasteiger partial charge is 0.454 e. The normalized spacial score (nSPS) is 12.4. The molecule has 0 saturated heterocycles. The van der Waals surface area contributed by atoms with Gasteiger partial charge < -0.3 is 9.47 Å². The third kappa shape index (κ3) is 5.07. The average Bonchev–Trinajstić information content (AvgIpc) is 3.48. The Bertz CT molecular complexity index is 1220. The molecule has 1 aliphatic rings. The van der Waals surface area contributed by atoms with E-state index in [0.29, 0.717) is 17.9 Å². The quantitative estimate of drug-likeness (QED) is 0.452. The summed E-state index contributed by atoms with van der Waals surface area (Å²) in [4.78, 5) is 25.7. The first-order valence-corrected chi connectivity index (χ1v) is 11.9. The highest BCUT2D eigenvalue weighted by Crippen LogP contribution is 2.32. The van der Waals surface area contributed by atoms with Crippen molar-refractivity contribution in [1.29, 1.82) is 0 Å². The summed E-state index contributed by atoms with van der Waals surface area (Å²) in [6.45, 7) is 0.365. The Morgan fingerprint density at radius 1 is 0.906 bits per heavy atom. The molecule has 2 heterocycles. The van der Waals surface area contributed by atoms with Crippen molar-refractivity contribution in [2.75, 3.05) is 13.3 Å². The number of hydrogen-bond donors (Lipinski definition) is 3. The van der Waals surface area contributed by atoms with Gasteiger partial charge in [0.05, 0.1) is 4.90 Å². The van der Waals surface area contributed by atoms with Crippen molar-refractivity contribution in [2.24, 2.45) is 0 Å². The van der Waals surface area contributed by atoms with Crippen LogP contribution in [0.15, 0.2) is 64.9 Å². The third-order valence-corrected chi connectivity index (χ3v) is 7.01. The summed E-state index contributed by atoms with van der Waals surface area (Å²) in [6.07, 6.45) is 0.598. The van der Waals surface area contributed by atoms with Gasteiger partial charge in [-0.2, -0.15) is 0 Å². The number of hydrazine groups is 1. The van der Waals surface area contributed by atoms with Crippen LogP contribution >= 0.6 is 11.3 Å². The van der Waals surface area contributed by atoms with E-state index >= 15 is 0 Å². The first kappa shape index (κ1) is 21.8. The van der Waals surface area contributed by atoms with Crippen LogP contribution in [0.2, 0.25) is 0 Å². The lowest BCUT2D eigenvalue weighted by Crippen LogP contribution is -2.41. The van der Waals surface area contributed by atoms with Crippen molar-refractivity contribution >= 4 is 33.2 Å². The minimum Gasteiger partial charge on any atom is -0.454 e. The van der Waals surface area contributed by atoms with Gasteiger partial charge in [-0.15, -0.1) is 11.3 Å². The minimum atomic E-state index is -3.69. The van der Waals surface area contributed by atoms with Crippen molar-refractivity contribution in [3.63, 3.8) is 0 Å². The summed E-state index contributed by atoms with van der Waals surface area (Å²) < 4.78 is 37.8. The van der Waals surface area contributed by atoms with Crippen LogP contribution in [0.25, 0.3) is 0 Å². The van der Waals surface area contributed by atoms with Gasteiger partial charge in [-0.05, 0) is 60.3 Å². The highest BCUT2D eigenvalue weighted by Gasteiger charge is 2.18. The summed E-state index contributed by atoms with van der Waals surface area (Å²) in [5.41, 5.74) is 5.08. The molecular weight excluding hydrogens is 454 g/mol. The Kier molecular flexibility index (Phi) is 6.40. The summed E-state index contributed by atoms with van der Waals surface area (Å²) in [7, 11) is -3.69. The van der Waals surface area contributed by atoms with Crippen LogP contribution in [0.3, 0.4) is 0 Å². The molecule has 0 spiro atoms. The second-order valence-electron chi connectivity index (χ2n) is 6.73. The number of carbonyl (C=O) groups is 2. The number of sulfonamides is 1. The van der Waals surface area contributed by atoms with Crippen molar-refractivity contribution in [3.05, 3.63) is 76.0 Å². The summed E-state index contributed by atoms with van der Waals surface area (Å²) in [5, 5.41) is 1.94. The number of ether oxygens (including phenoxy) is 2. The van der Waals surface area contributed by atoms with Gasteiger partial charge in [0.2, 0.25) is 16.8 Å². The molecule has 0 radical (unpaired) electrons. The van der Waals surface area contributed by atoms with E-state index in [1.165, 1.54) is 30.3 Å². The summed E-state index contributed by atoms with van der Waals surface area (Å²) in [6, 6.07) is 13.9. The standard InChI is InChI=1S/C21H19N3O6S2/c25-20(23-24-21(26)15-5-8-18-19(12-15)30-13-29-18)14-3-6-17(7-4-14)32(27,28)22-10-9-16-2-1-11-31-16/h1-8,11-12,22H,9-10,13H2,(H,23,25)(H,24,26). The molecule has 3 aromatic rings. The number of fused-ring (bicyclic) bond motifs is 1. The topological polar surface area (TPSA) is 123 Å². The number of benzene rings is 2. The molecule has 11 heteroatoms. The average molecular weight is 474 g/mol. The molecule has 9 nitrogen and oxygen atoms in total. The number of amides is 2. The Labute approximate surface area is 188 Å². The SMILES string of the molecule is O=C(NNC(=O)c1ccc2c(c1)OCO2)c1ccc(S(=O)(=O)NCCc2cccs2)cc1. The van der Waals surface area contributed by atoms with Gasteiger partial charge >= 0.3 is 0 Å². The van der Waals surface area contributed by atoms with E-state index in [1.807, 2.05) is 17.5 Å². The van der Waals surface area contributed by atoms with E-state index in [0.717, 1.165) is 4.88 Å². The van der Waals surface area contributed by atoms with Crippen LogP contribution in [0.1, 0.15) is 25.6 Å². The van der Waals surface area contributed by atoms with Gasteiger partial charge in [0.25, 0.3) is 11.8 Å². The molecule has 1 aliphatic heterocycles. The fourth-order valence-corrected chi connectivity index (χ4v) is 4.67. The molecule has 0 aliphatic carbocycles. The van der Waals surface area contributed by atoms with Gasteiger partial charge in [-0.25, -0.2) is 13.1 Å². The molecule has 2 amide bonds. The number of rotatable bonds is 7. The predicted octanol–water partition coefficient (Wildman–Crippen LogP) is 2.07. The monoisotopic (exact) mass is 473 g/mol. The van der Waals surface area contributed by atoms with E-state index in [2.05, 4.69) is 15.6 Å². The highest BCUT2D eigenvalue weighted by atomic mass is 32.2. The van der Waals surface area contributed by atoms with Crippen LogP contribution in [0.5, 0.6) is 11.5 Å². The Morgan fingerprint density at radius 2 is 1.59 bits per heavy atom. The maximum Gasteiger partial charge on any atom is 0.269 e. The maximum absolute atomic E-state index is 12.4. The van der Waals surface area contributed by atoms with Gasteiger partial charge in [0.15, 0.2) is 11.5 Å². The van der Waals surface area contributed by atoms with Crippen LogP contribution < -0.4 is 25.0 Å². The van der Waals surface area contributed by atoms with Crippen LogP contribution in [-0.4, -0.2) is 33.6 Å². The zero-order valence-electron chi connectivity index (χ0n) is 16.7. The second kappa shape index (κ2) is 9.39. The van der Waals surface area contributed by atoms with E-state index < -0.39 is 21.8 Å². The Balaban J connectivity index is 1.31. The molecule has 2 aromatic carbocycles. The van der Waals surface area contributed by atoms with Crippen molar-refractivity contribution in [3.8, 4) is 11.5 Å². The predicted molar refractivity (Wildman–Crippen MR) is 117 cm³/mol. The molecule has 0 saturated carbocycles. The van der Waals surface area contributed by atoms with Crippen molar-refractivity contribution in [2.45, 2.75) is 11.3 Å². The first-order valence-electron chi connectivity index (χ1n) is 9.55.